The third kappa shape index (κ3) is 3.39. The minimum Gasteiger partial charge on any atom is -0.497 e. The molecule has 6 nitrogen and oxygen atoms in total. The van der Waals surface area contributed by atoms with Crippen LogP contribution in [0.5, 0.6) is 5.75 Å². The second kappa shape index (κ2) is 7.54. The van der Waals surface area contributed by atoms with E-state index < -0.39 is 6.04 Å². The Bertz CT molecular complexity index is 1160. The van der Waals surface area contributed by atoms with Crippen molar-refractivity contribution in [2.75, 3.05) is 34.3 Å². The van der Waals surface area contributed by atoms with Gasteiger partial charge < -0.3 is 19.0 Å². The number of hydrogen-bond donors (Lipinski definition) is 0. The van der Waals surface area contributed by atoms with E-state index in [1.807, 2.05) is 43.3 Å². The Hall–Kier alpha value is -2.83. The van der Waals surface area contributed by atoms with E-state index in [0.717, 1.165) is 5.56 Å². The smallest absolute Gasteiger partial charge is 0.290 e. The Morgan fingerprint density at radius 3 is 2.69 bits per heavy atom. The summed E-state index contributed by atoms with van der Waals surface area (Å²) in [5, 5.41) is 0.808. The van der Waals surface area contributed by atoms with Gasteiger partial charge in [0.15, 0.2) is 5.43 Å². The molecule has 7 heteroatoms. The summed E-state index contributed by atoms with van der Waals surface area (Å²) in [6.07, 6.45) is 0. The van der Waals surface area contributed by atoms with Gasteiger partial charge in [-0.05, 0) is 50.0 Å². The summed E-state index contributed by atoms with van der Waals surface area (Å²) in [6, 6.07) is 11.7. The molecule has 0 aliphatic carbocycles. The molecule has 0 N–H and O–H groups in total. The van der Waals surface area contributed by atoms with Gasteiger partial charge in [0.2, 0.25) is 5.76 Å². The number of carbonyl (C=O) groups is 1. The molecule has 1 aliphatic heterocycles. The minimum atomic E-state index is -0.549. The van der Waals surface area contributed by atoms with Crippen molar-refractivity contribution in [3.05, 3.63) is 74.6 Å². The minimum absolute atomic E-state index is 0.0939. The molecule has 0 spiro atoms. The Balaban J connectivity index is 1.95. The maximum atomic E-state index is 13.4. The SMILES string of the molecule is COc1cccc(C2c3c(oc4ccc(Cl)cc4c3=O)C(=O)N2CCN(C)C)c1. The fourth-order valence-corrected chi connectivity index (χ4v) is 3.86. The van der Waals surface area contributed by atoms with E-state index in [4.69, 9.17) is 20.8 Å². The number of likely N-dealkylation sites (N-methyl/N-ethyl adjacent to an activating group) is 1. The lowest BCUT2D eigenvalue weighted by molar-refractivity contribution is 0.0716. The molecule has 1 unspecified atom stereocenters. The maximum absolute atomic E-state index is 13.4. The highest BCUT2D eigenvalue weighted by atomic mass is 35.5. The molecule has 1 amide bonds. The first-order chi connectivity index (χ1) is 13.9. The van der Waals surface area contributed by atoms with Crippen LogP contribution in [0, 0.1) is 0 Å². The predicted octanol–water partition coefficient (Wildman–Crippen LogP) is 3.56. The molecule has 0 saturated carbocycles. The molecule has 0 radical (unpaired) electrons. The molecule has 150 valence electrons. The summed E-state index contributed by atoms with van der Waals surface area (Å²) in [7, 11) is 5.46. The summed E-state index contributed by atoms with van der Waals surface area (Å²) in [5.41, 5.74) is 1.25. The number of amides is 1. The largest absolute Gasteiger partial charge is 0.497 e. The van der Waals surface area contributed by atoms with Crippen molar-refractivity contribution < 1.29 is 13.9 Å². The molecule has 0 saturated heterocycles. The number of benzene rings is 2. The van der Waals surface area contributed by atoms with Crippen molar-refractivity contribution in [1.29, 1.82) is 0 Å². The van der Waals surface area contributed by atoms with Crippen molar-refractivity contribution in [2.45, 2.75) is 6.04 Å². The predicted molar refractivity (Wildman–Crippen MR) is 112 cm³/mol. The van der Waals surface area contributed by atoms with Gasteiger partial charge in [0, 0.05) is 18.1 Å². The average molecular weight is 413 g/mol. The number of methoxy groups -OCH3 is 1. The molecule has 4 rings (SSSR count). The normalized spacial score (nSPS) is 16.0. The van der Waals surface area contributed by atoms with E-state index in [-0.39, 0.29) is 17.1 Å². The monoisotopic (exact) mass is 412 g/mol. The molecular weight excluding hydrogens is 392 g/mol. The van der Waals surface area contributed by atoms with Gasteiger partial charge in [0.05, 0.1) is 24.1 Å². The lowest BCUT2D eigenvalue weighted by Crippen LogP contribution is -2.35. The molecule has 2 heterocycles. The van der Waals surface area contributed by atoms with E-state index >= 15 is 0 Å². The number of halogens is 1. The first kappa shape index (κ1) is 19.5. The summed E-state index contributed by atoms with van der Waals surface area (Å²) in [6.45, 7) is 1.11. The van der Waals surface area contributed by atoms with Crippen LogP contribution in [0.15, 0.2) is 51.7 Å². The molecule has 1 aromatic heterocycles. The van der Waals surface area contributed by atoms with Gasteiger partial charge in [-0.25, -0.2) is 0 Å². The van der Waals surface area contributed by atoms with Crippen LogP contribution >= 0.6 is 11.6 Å². The van der Waals surface area contributed by atoms with Crippen LogP contribution in [0.1, 0.15) is 27.7 Å². The molecule has 1 aliphatic rings. The van der Waals surface area contributed by atoms with Crippen LogP contribution in [0.3, 0.4) is 0 Å². The van der Waals surface area contributed by atoms with E-state index in [1.54, 1.807) is 30.2 Å². The van der Waals surface area contributed by atoms with Crippen LogP contribution in [-0.2, 0) is 0 Å². The van der Waals surface area contributed by atoms with Crippen molar-refractivity contribution in [3.63, 3.8) is 0 Å². The molecule has 3 aromatic rings. The van der Waals surface area contributed by atoms with E-state index in [2.05, 4.69) is 0 Å². The van der Waals surface area contributed by atoms with Crippen molar-refractivity contribution in [1.82, 2.24) is 9.80 Å². The van der Waals surface area contributed by atoms with Crippen molar-refractivity contribution in [2.24, 2.45) is 0 Å². The number of rotatable bonds is 5. The second-order valence-corrected chi connectivity index (χ2v) is 7.73. The van der Waals surface area contributed by atoms with Crippen LogP contribution in [0.25, 0.3) is 11.0 Å². The highest BCUT2D eigenvalue weighted by Crippen LogP contribution is 2.39. The maximum Gasteiger partial charge on any atom is 0.290 e. The van der Waals surface area contributed by atoms with Gasteiger partial charge in [-0.1, -0.05) is 23.7 Å². The quantitative estimate of drug-likeness (QED) is 0.641. The van der Waals surface area contributed by atoms with Crippen LogP contribution in [-0.4, -0.2) is 50.0 Å². The van der Waals surface area contributed by atoms with Gasteiger partial charge in [0.25, 0.3) is 5.91 Å². The summed E-state index contributed by atoms with van der Waals surface area (Å²) >= 11 is 6.10. The molecule has 1 atom stereocenters. The Morgan fingerprint density at radius 1 is 1.17 bits per heavy atom. The zero-order valence-corrected chi connectivity index (χ0v) is 17.2. The summed E-state index contributed by atoms with van der Waals surface area (Å²) in [4.78, 5) is 30.3. The van der Waals surface area contributed by atoms with Crippen LogP contribution in [0.2, 0.25) is 5.02 Å². The molecule has 0 bridgehead atoms. The van der Waals surface area contributed by atoms with E-state index in [0.29, 0.717) is 40.4 Å². The topological polar surface area (TPSA) is 63.0 Å². The summed E-state index contributed by atoms with van der Waals surface area (Å²) in [5.74, 6) is 0.462. The van der Waals surface area contributed by atoms with E-state index in [1.165, 1.54) is 0 Å². The van der Waals surface area contributed by atoms with E-state index in [9.17, 15) is 9.59 Å². The highest BCUT2D eigenvalue weighted by Gasteiger charge is 2.42. The Kier molecular flexibility index (Phi) is 5.06. The third-order valence-electron chi connectivity index (χ3n) is 5.13. The number of carbonyl (C=O) groups excluding carboxylic acids is 1. The molecule has 2 aromatic carbocycles. The van der Waals surface area contributed by atoms with Gasteiger partial charge in [-0.2, -0.15) is 0 Å². The second-order valence-electron chi connectivity index (χ2n) is 7.30. The zero-order chi connectivity index (χ0) is 20.7. The summed E-state index contributed by atoms with van der Waals surface area (Å²) < 4.78 is 11.3. The van der Waals surface area contributed by atoms with Gasteiger partial charge in [-0.3, -0.25) is 9.59 Å². The standard InChI is InChI=1S/C22H21ClN2O4/c1-24(2)9-10-25-19(13-5-4-6-15(11-13)28-3)18-20(26)16-12-14(23)7-8-17(16)29-21(18)22(25)27/h4-8,11-12,19H,9-10H2,1-3H3. The van der Waals surface area contributed by atoms with Gasteiger partial charge >= 0.3 is 0 Å². The Morgan fingerprint density at radius 2 is 1.97 bits per heavy atom. The number of nitrogens with zero attached hydrogens (tertiary/aromatic N) is 2. The number of fused-ring (bicyclic) bond motifs is 2. The average Bonchev–Trinajstić information content (AvgIpc) is 2.99. The van der Waals surface area contributed by atoms with Crippen LogP contribution in [0.4, 0.5) is 0 Å². The van der Waals surface area contributed by atoms with Crippen molar-refractivity contribution >= 4 is 28.5 Å². The zero-order valence-electron chi connectivity index (χ0n) is 16.4. The molecular formula is C22H21ClN2O4. The lowest BCUT2D eigenvalue weighted by Gasteiger charge is -2.26. The third-order valence-corrected chi connectivity index (χ3v) is 5.36. The first-order valence-corrected chi connectivity index (χ1v) is 9.64. The molecule has 0 fully saturated rings. The number of ether oxygens (including phenoxy) is 1. The fraction of sp³-hybridized carbons (Fsp3) is 0.273. The van der Waals surface area contributed by atoms with Gasteiger partial charge in [-0.15, -0.1) is 0 Å². The Labute approximate surface area is 173 Å². The first-order valence-electron chi connectivity index (χ1n) is 9.26. The van der Waals surface area contributed by atoms with Gasteiger partial charge in [0.1, 0.15) is 11.3 Å². The number of hydrogen-bond acceptors (Lipinski definition) is 5. The lowest BCUT2D eigenvalue weighted by atomic mass is 9.98. The van der Waals surface area contributed by atoms with Crippen molar-refractivity contribution in [3.8, 4) is 5.75 Å². The highest BCUT2D eigenvalue weighted by molar-refractivity contribution is 6.31. The van der Waals surface area contributed by atoms with Crippen LogP contribution < -0.4 is 10.2 Å². The molecule has 29 heavy (non-hydrogen) atoms. The fourth-order valence-electron chi connectivity index (χ4n) is 3.69.